The van der Waals surface area contributed by atoms with Crippen LogP contribution in [0.5, 0.6) is 0 Å². The van der Waals surface area contributed by atoms with Crippen LogP contribution in [0.25, 0.3) is 0 Å². The number of rotatable bonds is 1. The Hall–Kier alpha value is -1.67. The largest absolute Gasteiger partial charge is 0.352 e. The number of nitrogens with zero attached hydrogens (tertiary/aromatic N) is 4. The number of piperidine rings is 1. The van der Waals surface area contributed by atoms with E-state index in [9.17, 15) is 0 Å². The Balaban J connectivity index is 1.78. The number of hydrogen-bond acceptors (Lipinski definition) is 5. The van der Waals surface area contributed by atoms with Crippen molar-refractivity contribution < 1.29 is 0 Å². The SMILES string of the molecule is N#Cc1ccc(N2CC3CC(C2)N3)nn1. The van der Waals surface area contributed by atoms with E-state index in [-0.39, 0.29) is 0 Å². The molecule has 3 fully saturated rings. The van der Waals surface area contributed by atoms with E-state index in [1.54, 1.807) is 6.07 Å². The average Bonchev–Trinajstić information content (AvgIpc) is 2.28. The molecule has 2 unspecified atom stereocenters. The third-order valence-corrected chi connectivity index (χ3v) is 3.01. The number of nitrogens with one attached hydrogen (secondary N) is 1. The molecule has 5 nitrogen and oxygen atoms in total. The van der Waals surface area contributed by atoms with Crippen LogP contribution in [0.1, 0.15) is 12.1 Å². The van der Waals surface area contributed by atoms with Crippen molar-refractivity contribution in [2.45, 2.75) is 18.5 Å². The summed E-state index contributed by atoms with van der Waals surface area (Å²) in [6, 6.07) is 6.78. The van der Waals surface area contributed by atoms with Gasteiger partial charge in [-0.05, 0) is 18.6 Å². The van der Waals surface area contributed by atoms with Gasteiger partial charge >= 0.3 is 0 Å². The van der Waals surface area contributed by atoms with Gasteiger partial charge in [0.1, 0.15) is 6.07 Å². The van der Waals surface area contributed by atoms with Crippen LogP contribution < -0.4 is 10.2 Å². The molecule has 2 bridgehead atoms. The molecule has 3 saturated heterocycles. The fourth-order valence-electron chi connectivity index (χ4n) is 2.25. The molecule has 3 aliphatic rings. The zero-order chi connectivity index (χ0) is 10.3. The lowest BCUT2D eigenvalue weighted by Crippen LogP contribution is -2.67. The predicted octanol–water partition coefficient (Wildman–Crippen LogP) is -0.101. The third kappa shape index (κ3) is 1.43. The topological polar surface area (TPSA) is 64.8 Å². The first-order chi connectivity index (χ1) is 7.35. The fourth-order valence-corrected chi connectivity index (χ4v) is 2.25. The smallest absolute Gasteiger partial charge is 0.163 e. The maximum Gasteiger partial charge on any atom is 0.163 e. The maximum atomic E-state index is 8.61. The monoisotopic (exact) mass is 201 g/mol. The van der Waals surface area contributed by atoms with Gasteiger partial charge in [0.05, 0.1) is 0 Å². The van der Waals surface area contributed by atoms with Gasteiger partial charge in [-0.3, -0.25) is 0 Å². The van der Waals surface area contributed by atoms with E-state index >= 15 is 0 Å². The molecule has 0 saturated carbocycles. The molecule has 4 rings (SSSR count). The van der Waals surface area contributed by atoms with Gasteiger partial charge in [0.25, 0.3) is 0 Å². The van der Waals surface area contributed by atoms with Gasteiger partial charge in [-0.25, -0.2) is 0 Å². The summed E-state index contributed by atoms with van der Waals surface area (Å²) in [5.74, 6) is 0.880. The molecule has 1 N–H and O–H groups in total. The minimum Gasteiger partial charge on any atom is -0.352 e. The summed E-state index contributed by atoms with van der Waals surface area (Å²) < 4.78 is 0. The molecule has 3 aliphatic heterocycles. The average molecular weight is 201 g/mol. The second kappa shape index (κ2) is 3.17. The van der Waals surface area contributed by atoms with Gasteiger partial charge < -0.3 is 10.2 Å². The number of anilines is 1. The van der Waals surface area contributed by atoms with E-state index in [0.717, 1.165) is 18.9 Å². The molecular weight excluding hydrogens is 190 g/mol. The molecule has 0 amide bonds. The summed E-state index contributed by atoms with van der Waals surface area (Å²) in [6.07, 6.45) is 1.28. The summed E-state index contributed by atoms with van der Waals surface area (Å²) >= 11 is 0. The first-order valence-electron chi connectivity index (χ1n) is 5.10. The molecule has 15 heavy (non-hydrogen) atoms. The molecule has 1 aromatic heterocycles. The Morgan fingerprint density at radius 1 is 1.33 bits per heavy atom. The van der Waals surface area contributed by atoms with Gasteiger partial charge in [-0.15, -0.1) is 10.2 Å². The fraction of sp³-hybridized carbons (Fsp3) is 0.500. The summed E-state index contributed by atoms with van der Waals surface area (Å²) in [5, 5.41) is 20.0. The lowest BCUT2D eigenvalue weighted by atomic mass is 9.91. The zero-order valence-electron chi connectivity index (χ0n) is 8.22. The first kappa shape index (κ1) is 8.62. The molecule has 0 aliphatic carbocycles. The molecule has 0 radical (unpaired) electrons. The predicted molar refractivity (Wildman–Crippen MR) is 54.3 cm³/mol. The van der Waals surface area contributed by atoms with Crippen LogP contribution in [-0.2, 0) is 0 Å². The minimum atomic E-state index is 0.374. The quantitative estimate of drug-likeness (QED) is 0.687. The minimum absolute atomic E-state index is 0.374. The van der Waals surface area contributed by atoms with Crippen LogP contribution in [0.2, 0.25) is 0 Å². The van der Waals surface area contributed by atoms with Crippen LogP contribution in [-0.4, -0.2) is 35.4 Å². The Bertz CT molecular complexity index is 391. The summed E-state index contributed by atoms with van der Waals surface area (Å²) in [6.45, 7) is 1.99. The molecular formula is C10H11N5. The number of fused-ring (bicyclic) bond motifs is 2. The number of nitriles is 1. The van der Waals surface area contributed by atoms with Crippen molar-refractivity contribution in [3.05, 3.63) is 17.8 Å². The van der Waals surface area contributed by atoms with E-state index in [1.807, 2.05) is 12.1 Å². The van der Waals surface area contributed by atoms with Crippen molar-refractivity contribution in [3.8, 4) is 6.07 Å². The van der Waals surface area contributed by atoms with Crippen LogP contribution >= 0.6 is 0 Å². The van der Waals surface area contributed by atoms with Crippen LogP contribution in [0, 0.1) is 11.3 Å². The molecule has 0 aromatic carbocycles. The van der Waals surface area contributed by atoms with E-state index < -0.39 is 0 Å². The molecule has 76 valence electrons. The van der Waals surface area contributed by atoms with Crippen molar-refractivity contribution in [1.29, 1.82) is 5.26 Å². The van der Waals surface area contributed by atoms with Crippen LogP contribution in [0.4, 0.5) is 5.82 Å². The van der Waals surface area contributed by atoms with E-state index in [4.69, 9.17) is 5.26 Å². The van der Waals surface area contributed by atoms with E-state index in [2.05, 4.69) is 20.4 Å². The van der Waals surface area contributed by atoms with Crippen molar-refractivity contribution in [2.75, 3.05) is 18.0 Å². The van der Waals surface area contributed by atoms with Crippen molar-refractivity contribution in [3.63, 3.8) is 0 Å². The number of piperazine rings is 1. The third-order valence-electron chi connectivity index (χ3n) is 3.01. The van der Waals surface area contributed by atoms with Crippen molar-refractivity contribution >= 4 is 5.82 Å². The van der Waals surface area contributed by atoms with Gasteiger partial charge in [0.2, 0.25) is 0 Å². The Morgan fingerprint density at radius 3 is 2.60 bits per heavy atom. The number of hydrogen-bond donors (Lipinski definition) is 1. The summed E-state index contributed by atoms with van der Waals surface area (Å²) in [4.78, 5) is 2.23. The normalized spacial score (nSPS) is 28.1. The van der Waals surface area contributed by atoms with Crippen molar-refractivity contribution in [2.24, 2.45) is 0 Å². The lowest BCUT2D eigenvalue weighted by molar-refractivity contribution is 0.225. The number of aromatic nitrogens is 2. The molecule has 5 heteroatoms. The highest BCUT2D eigenvalue weighted by Gasteiger charge is 2.36. The Labute approximate surface area is 87.7 Å². The van der Waals surface area contributed by atoms with Crippen molar-refractivity contribution in [1.82, 2.24) is 15.5 Å². The highest BCUT2D eigenvalue weighted by Crippen LogP contribution is 2.24. The van der Waals surface area contributed by atoms with E-state index in [0.29, 0.717) is 17.8 Å². The second-order valence-corrected chi connectivity index (χ2v) is 4.09. The highest BCUT2D eigenvalue weighted by molar-refractivity contribution is 5.41. The molecule has 0 spiro atoms. The standard InChI is InChI=1S/C10H11N5/c11-4-7-1-2-10(14-13-7)15-5-8-3-9(6-15)12-8/h1-2,8-9,12H,3,5-6H2. The highest BCUT2D eigenvalue weighted by atomic mass is 15.3. The summed E-state index contributed by atoms with van der Waals surface area (Å²) in [7, 11) is 0. The maximum absolute atomic E-state index is 8.61. The van der Waals surface area contributed by atoms with Gasteiger partial charge in [-0.1, -0.05) is 0 Å². The molecule has 1 aromatic rings. The Morgan fingerprint density at radius 2 is 2.07 bits per heavy atom. The van der Waals surface area contributed by atoms with Crippen LogP contribution in [0.15, 0.2) is 12.1 Å². The Kier molecular flexibility index (Phi) is 1.82. The van der Waals surface area contributed by atoms with Crippen LogP contribution in [0.3, 0.4) is 0 Å². The summed E-state index contributed by atoms with van der Waals surface area (Å²) in [5.41, 5.74) is 0.374. The van der Waals surface area contributed by atoms with Gasteiger partial charge in [0, 0.05) is 25.2 Å². The lowest BCUT2D eigenvalue weighted by Gasteiger charge is -2.48. The molecule has 4 heterocycles. The van der Waals surface area contributed by atoms with Gasteiger partial charge in [0.15, 0.2) is 11.5 Å². The second-order valence-electron chi connectivity index (χ2n) is 4.09. The van der Waals surface area contributed by atoms with E-state index in [1.165, 1.54) is 6.42 Å². The van der Waals surface area contributed by atoms with Gasteiger partial charge in [-0.2, -0.15) is 5.26 Å². The molecule has 2 atom stereocenters. The zero-order valence-corrected chi connectivity index (χ0v) is 8.22. The first-order valence-corrected chi connectivity index (χ1v) is 5.10.